The molecule has 1 fully saturated rings. The van der Waals surface area contributed by atoms with Crippen LogP contribution < -0.4 is 10.3 Å². The Hall–Kier alpha value is -3.14. The van der Waals surface area contributed by atoms with Gasteiger partial charge in [-0.3, -0.25) is 4.79 Å². The number of benzene rings is 1. The molecule has 0 radical (unpaired) electrons. The summed E-state index contributed by atoms with van der Waals surface area (Å²) in [7, 11) is -3.74. The van der Waals surface area contributed by atoms with Crippen LogP contribution in [0.25, 0.3) is 11.3 Å². The highest BCUT2D eigenvalue weighted by atomic mass is 32.2. The molecule has 1 aliphatic rings. The number of hydrogen-bond acceptors (Lipinski definition) is 6. The molecule has 162 valence electrons. The molecule has 2 heterocycles. The van der Waals surface area contributed by atoms with Gasteiger partial charge in [-0.1, -0.05) is 0 Å². The monoisotopic (exact) mass is 447 g/mol. The van der Waals surface area contributed by atoms with E-state index < -0.39 is 26.6 Å². The van der Waals surface area contributed by atoms with Gasteiger partial charge in [-0.25, -0.2) is 27.2 Å². The van der Waals surface area contributed by atoms with Crippen molar-refractivity contribution in [3.05, 3.63) is 64.2 Å². The lowest BCUT2D eigenvalue weighted by Gasteiger charge is -2.14. The van der Waals surface area contributed by atoms with Crippen LogP contribution in [0, 0.1) is 24.5 Å². The fourth-order valence-electron chi connectivity index (χ4n) is 3.12. The lowest BCUT2D eigenvalue weighted by atomic mass is 10.1. The molecule has 0 amide bonds. The van der Waals surface area contributed by atoms with Crippen LogP contribution in [-0.4, -0.2) is 29.2 Å². The Morgan fingerprint density at radius 3 is 2.58 bits per heavy atom. The highest BCUT2D eigenvalue weighted by molar-refractivity contribution is 7.90. The van der Waals surface area contributed by atoms with Gasteiger partial charge in [0.15, 0.2) is 17.3 Å². The summed E-state index contributed by atoms with van der Waals surface area (Å²) < 4.78 is 58.5. The van der Waals surface area contributed by atoms with Crippen LogP contribution in [0.4, 0.5) is 8.78 Å². The summed E-state index contributed by atoms with van der Waals surface area (Å²) in [5.74, 6) is -1.59. The van der Waals surface area contributed by atoms with E-state index in [-0.39, 0.29) is 22.8 Å². The van der Waals surface area contributed by atoms with E-state index >= 15 is 0 Å². The van der Waals surface area contributed by atoms with Gasteiger partial charge in [0.2, 0.25) is 15.0 Å². The number of halogens is 2. The molecule has 0 unspecified atom stereocenters. The lowest BCUT2D eigenvalue weighted by Crippen LogP contribution is -2.23. The molecule has 0 bridgehead atoms. The van der Waals surface area contributed by atoms with Crippen molar-refractivity contribution in [3.8, 4) is 22.8 Å². The maximum absolute atomic E-state index is 14.1. The predicted molar refractivity (Wildman–Crippen MR) is 109 cm³/mol. The number of sulfone groups is 1. The van der Waals surface area contributed by atoms with Crippen LogP contribution in [-0.2, 0) is 16.4 Å². The minimum atomic E-state index is -3.74. The molecule has 1 aliphatic carbocycles. The van der Waals surface area contributed by atoms with E-state index in [2.05, 4.69) is 9.97 Å². The van der Waals surface area contributed by atoms with Crippen molar-refractivity contribution in [1.29, 1.82) is 0 Å². The molecule has 3 aromatic rings. The van der Waals surface area contributed by atoms with Crippen LogP contribution in [0.3, 0.4) is 0 Å². The van der Waals surface area contributed by atoms with Gasteiger partial charge in [-0.2, -0.15) is 0 Å². The third-order valence-corrected chi connectivity index (χ3v) is 5.73. The molecule has 10 heteroatoms. The van der Waals surface area contributed by atoms with Crippen molar-refractivity contribution in [2.24, 2.45) is 5.92 Å². The first-order valence-electron chi connectivity index (χ1n) is 9.53. The zero-order chi connectivity index (χ0) is 22.3. The minimum absolute atomic E-state index is 0.0334. The standard InChI is InChI=1S/C21H19F2N3O4S/c1-12-7-14(11-26(20(12)27)10-13-3-4-13)19-18(9-24-21(25-19)31(2,28)29)30-17-6-5-15(22)8-16(17)23/h5-9,11,13H,3-4,10H2,1-2H3. The maximum Gasteiger partial charge on any atom is 0.253 e. The summed E-state index contributed by atoms with van der Waals surface area (Å²) in [4.78, 5) is 20.5. The van der Waals surface area contributed by atoms with E-state index in [9.17, 15) is 22.0 Å². The Bertz CT molecular complexity index is 1330. The quantitative estimate of drug-likeness (QED) is 0.537. The Balaban J connectivity index is 1.86. The van der Waals surface area contributed by atoms with Gasteiger partial charge in [0.05, 0.1) is 6.20 Å². The van der Waals surface area contributed by atoms with Crippen molar-refractivity contribution >= 4 is 9.84 Å². The number of ether oxygens (including phenoxy) is 1. The SMILES string of the molecule is Cc1cc(-c2nc(S(C)(=O)=O)ncc2Oc2ccc(F)cc2F)cn(CC2CC2)c1=O. The summed E-state index contributed by atoms with van der Waals surface area (Å²) in [6.07, 6.45) is 5.74. The second-order valence-corrected chi connectivity index (χ2v) is 9.54. The first-order chi connectivity index (χ1) is 14.6. The third-order valence-electron chi connectivity index (χ3n) is 4.87. The Kier molecular flexibility index (Phi) is 5.34. The Morgan fingerprint density at radius 2 is 1.94 bits per heavy atom. The number of pyridine rings is 1. The second kappa shape index (κ2) is 7.84. The van der Waals surface area contributed by atoms with Gasteiger partial charge in [0.25, 0.3) is 5.56 Å². The van der Waals surface area contributed by atoms with Gasteiger partial charge >= 0.3 is 0 Å². The summed E-state index contributed by atoms with van der Waals surface area (Å²) in [5.41, 5.74) is 0.783. The number of rotatable bonds is 6. The number of aryl methyl sites for hydroxylation is 1. The topological polar surface area (TPSA) is 91.2 Å². The summed E-state index contributed by atoms with van der Waals surface area (Å²) in [5, 5.41) is -0.438. The Labute approximate surface area is 177 Å². The summed E-state index contributed by atoms with van der Waals surface area (Å²) >= 11 is 0. The number of hydrogen-bond donors (Lipinski definition) is 0. The molecule has 2 aromatic heterocycles. The molecule has 4 rings (SSSR count). The smallest absolute Gasteiger partial charge is 0.253 e. The van der Waals surface area contributed by atoms with Crippen molar-refractivity contribution in [3.63, 3.8) is 0 Å². The largest absolute Gasteiger partial charge is 0.450 e. The van der Waals surface area contributed by atoms with Gasteiger partial charge in [-0.05, 0) is 43.9 Å². The van der Waals surface area contributed by atoms with Gasteiger partial charge in [0, 0.05) is 36.2 Å². The summed E-state index contributed by atoms with van der Waals surface area (Å²) in [6, 6.07) is 4.37. The van der Waals surface area contributed by atoms with Crippen molar-refractivity contribution in [2.75, 3.05) is 6.26 Å². The normalized spacial score (nSPS) is 13.9. The fourth-order valence-corrected chi connectivity index (χ4v) is 3.62. The highest BCUT2D eigenvalue weighted by Gasteiger charge is 2.24. The predicted octanol–water partition coefficient (Wildman–Crippen LogP) is 3.50. The van der Waals surface area contributed by atoms with Gasteiger partial charge in [-0.15, -0.1) is 0 Å². The van der Waals surface area contributed by atoms with Crippen LogP contribution in [0.2, 0.25) is 0 Å². The first kappa shape index (κ1) is 21.1. The zero-order valence-electron chi connectivity index (χ0n) is 16.8. The maximum atomic E-state index is 14.1. The van der Waals surface area contributed by atoms with E-state index in [1.165, 1.54) is 0 Å². The highest BCUT2D eigenvalue weighted by Crippen LogP contribution is 2.34. The van der Waals surface area contributed by atoms with Crippen LogP contribution >= 0.6 is 0 Å². The molecular weight excluding hydrogens is 428 g/mol. The van der Waals surface area contributed by atoms with E-state index in [1.54, 1.807) is 23.8 Å². The number of aromatic nitrogens is 3. The second-order valence-electron chi connectivity index (χ2n) is 7.63. The average molecular weight is 447 g/mol. The van der Waals surface area contributed by atoms with Crippen molar-refractivity contribution in [1.82, 2.24) is 14.5 Å². The van der Waals surface area contributed by atoms with E-state index in [4.69, 9.17) is 4.74 Å². The van der Waals surface area contributed by atoms with Crippen molar-refractivity contribution in [2.45, 2.75) is 31.5 Å². The first-order valence-corrected chi connectivity index (χ1v) is 11.4. The molecule has 0 N–H and O–H groups in total. The molecule has 0 atom stereocenters. The van der Waals surface area contributed by atoms with Crippen molar-refractivity contribution < 1.29 is 21.9 Å². The molecule has 0 saturated heterocycles. The summed E-state index contributed by atoms with van der Waals surface area (Å²) in [6.45, 7) is 2.19. The van der Waals surface area contributed by atoms with E-state index in [0.717, 1.165) is 37.4 Å². The Morgan fingerprint density at radius 1 is 1.19 bits per heavy atom. The molecule has 7 nitrogen and oxygen atoms in total. The lowest BCUT2D eigenvalue weighted by molar-refractivity contribution is 0.434. The van der Waals surface area contributed by atoms with Gasteiger partial charge < -0.3 is 9.30 Å². The van der Waals surface area contributed by atoms with Gasteiger partial charge in [0.1, 0.15) is 11.5 Å². The zero-order valence-corrected chi connectivity index (χ0v) is 17.6. The van der Waals surface area contributed by atoms with E-state index in [1.807, 2.05) is 0 Å². The number of nitrogens with zero attached hydrogens (tertiary/aromatic N) is 3. The molecular formula is C21H19F2N3O4S. The molecule has 0 spiro atoms. The minimum Gasteiger partial charge on any atom is -0.450 e. The average Bonchev–Trinajstić information content (AvgIpc) is 3.51. The molecule has 0 aliphatic heterocycles. The third kappa shape index (κ3) is 4.63. The van der Waals surface area contributed by atoms with Crippen LogP contribution in [0.1, 0.15) is 18.4 Å². The van der Waals surface area contributed by atoms with Crippen LogP contribution in [0.15, 0.2) is 46.6 Å². The van der Waals surface area contributed by atoms with E-state index in [0.29, 0.717) is 29.7 Å². The molecule has 1 aromatic carbocycles. The molecule has 1 saturated carbocycles. The van der Waals surface area contributed by atoms with Crippen LogP contribution in [0.5, 0.6) is 11.5 Å². The fraction of sp³-hybridized carbons (Fsp3) is 0.286. The molecule has 31 heavy (non-hydrogen) atoms.